The molecule has 2 saturated heterocycles. The van der Waals surface area contributed by atoms with E-state index >= 15 is 0 Å². The molecule has 2 amide bonds. The normalized spacial score (nSPS) is 19.8. The average Bonchev–Trinajstić information content (AvgIpc) is 2.98. The number of anilines is 1. The van der Waals surface area contributed by atoms with Crippen molar-refractivity contribution in [2.45, 2.75) is 32.0 Å². The number of piperidine rings is 1. The molecule has 1 N–H and O–H groups in total. The van der Waals surface area contributed by atoms with E-state index in [-0.39, 0.29) is 18.2 Å². The van der Waals surface area contributed by atoms with Crippen LogP contribution in [0.3, 0.4) is 0 Å². The summed E-state index contributed by atoms with van der Waals surface area (Å²) in [7, 11) is 0. The van der Waals surface area contributed by atoms with E-state index in [0.29, 0.717) is 44.8 Å². The Morgan fingerprint density at radius 2 is 1.74 bits per heavy atom. The molecule has 2 aliphatic rings. The van der Waals surface area contributed by atoms with E-state index in [4.69, 9.17) is 9.47 Å². The number of nitrogens with zero attached hydrogens (tertiary/aromatic N) is 1. The van der Waals surface area contributed by atoms with Gasteiger partial charge in [0.25, 0.3) is 0 Å². The van der Waals surface area contributed by atoms with E-state index < -0.39 is 5.79 Å². The SMILES string of the molecule is Cc1ccc(NC(=O)CC(=O)N2CCC3(CC2)OCCO3)cc1. The molecule has 3 rings (SSSR count). The Morgan fingerprint density at radius 3 is 2.35 bits per heavy atom. The van der Waals surface area contributed by atoms with E-state index in [9.17, 15) is 9.59 Å². The maximum Gasteiger partial charge on any atom is 0.233 e. The lowest BCUT2D eigenvalue weighted by Gasteiger charge is -2.37. The monoisotopic (exact) mass is 318 g/mol. The lowest BCUT2D eigenvalue weighted by molar-refractivity contribution is -0.187. The number of benzene rings is 1. The fourth-order valence-corrected chi connectivity index (χ4v) is 2.97. The third-order valence-electron chi connectivity index (χ3n) is 4.34. The first-order valence-corrected chi connectivity index (χ1v) is 7.99. The minimum atomic E-state index is -0.499. The maximum atomic E-state index is 12.2. The summed E-state index contributed by atoms with van der Waals surface area (Å²) in [5.41, 5.74) is 1.83. The molecule has 6 nitrogen and oxygen atoms in total. The van der Waals surface area contributed by atoms with Gasteiger partial charge in [-0.1, -0.05) is 17.7 Å². The molecule has 23 heavy (non-hydrogen) atoms. The van der Waals surface area contributed by atoms with Crippen molar-refractivity contribution in [2.24, 2.45) is 0 Å². The molecule has 1 aromatic carbocycles. The van der Waals surface area contributed by atoms with Crippen molar-refractivity contribution in [3.63, 3.8) is 0 Å². The number of likely N-dealkylation sites (tertiary alicyclic amines) is 1. The van der Waals surface area contributed by atoms with Crippen molar-refractivity contribution in [3.05, 3.63) is 29.8 Å². The van der Waals surface area contributed by atoms with Crippen LogP contribution in [0.15, 0.2) is 24.3 Å². The lowest BCUT2D eigenvalue weighted by atomic mass is 10.0. The van der Waals surface area contributed by atoms with Crippen LogP contribution < -0.4 is 5.32 Å². The van der Waals surface area contributed by atoms with Crippen molar-refractivity contribution >= 4 is 17.5 Å². The Bertz CT molecular complexity index is 569. The molecule has 0 atom stereocenters. The van der Waals surface area contributed by atoms with Gasteiger partial charge in [-0.3, -0.25) is 9.59 Å². The molecular formula is C17H22N2O4. The number of hydrogen-bond acceptors (Lipinski definition) is 4. The van der Waals surface area contributed by atoms with Gasteiger partial charge in [-0.2, -0.15) is 0 Å². The Hall–Kier alpha value is -1.92. The van der Waals surface area contributed by atoms with Crippen LogP contribution >= 0.6 is 0 Å². The van der Waals surface area contributed by atoms with Gasteiger partial charge in [-0.15, -0.1) is 0 Å². The summed E-state index contributed by atoms with van der Waals surface area (Å²) in [6.07, 6.45) is 1.19. The van der Waals surface area contributed by atoms with Gasteiger partial charge in [-0.05, 0) is 19.1 Å². The zero-order valence-corrected chi connectivity index (χ0v) is 13.3. The van der Waals surface area contributed by atoms with Gasteiger partial charge in [0.2, 0.25) is 11.8 Å². The van der Waals surface area contributed by atoms with Gasteiger partial charge in [-0.25, -0.2) is 0 Å². The Morgan fingerprint density at radius 1 is 1.13 bits per heavy atom. The average molecular weight is 318 g/mol. The van der Waals surface area contributed by atoms with Crippen molar-refractivity contribution in [2.75, 3.05) is 31.6 Å². The maximum absolute atomic E-state index is 12.2. The molecule has 0 aromatic heterocycles. The molecule has 0 radical (unpaired) electrons. The number of aryl methyl sites for hydroxylation is 1. The standard InChI is InChI=1S/C17H22N2O4/c1-13-2-4-14(5-3-13)18-15(20)12-16(21)19-8-6-17(7-9-19)22-10-11-23-17/h2-5H,6-12H2,1H3,(H,18,20). The summed E-state index contributed by atoms with van der Waals surface area (Å²) < 4.78 is 11.3. The minimum Gasteiger partial charge on any atom is -0.347 e. The molecule has 1 aromatic rings. The molecule has 0 aliphatic carbocycles. The fourth-order valence-electron chi connectivity index (χ4n) is 2.97. The van der Waals surface area contributed by atoms with Crippen molar-refractivity contribution in [1.29, 1.82) is 0 Å². The summed E-state index contributed by atoms with van der Waals surface area (Å²) in [6.45, 7) is 4.35. The van der Waals surface area contributed by atoms with Crippen LogP contribution in [-0.2, 0) is 19.1 Å². The highest BCUT2D eigenvalue weighted by molar-refractivity contribution is 6.03. The van der Waals surface area contributed by atoms with E-state index in [1.807, 2.05) is 31.2 Å². The number of amides is 2. The van der Waals surface area contributed by atoms with Crippen LogP contribution in [-0.4, -0.2) is 48.8 Å². The quantitative estimate of drug-likeness (QED) is 0.861. The predicted octanol–water partition coefficient (Wildman–Crippen LogP) is 1.69. The first-order valence-electron chi connectivity index (χ1n) is 7.99. The van der Waals surface area contributed by atoms with Gasteiger partial charge >= 0.3 is 0 Å². The predicted molar refractivity (Wildman–Crippen MR) is 84.9 cm³/mol. The number of hydrogen-bond donors (Lipinski definition) is 1. The zero-order chi connectivity index (χ0) is 16.3. The summed E-state index contributed by atoms with van der Waals surface area (Å²) in [4.78, 5) is 25.9. The first-order chi connectivity index (χ1) is 11.1. The van der Waals surface area contributed by atoms with Crippen molar-refractivity contribution in [3.8, 4) is 0 Å². The first kappa shape index (κ1) is 16.0. The van der Waals surface area contributed by atoms with Crippen LogP contribution in [0.4, 0.5) is 5.69 Å². The third kappa shape index (κ3) is 3.89. The second-order valence-electron chi connectivity index (χ2n) is 6.08. The molecule has 1 spiro atoms. The number of carbonyl (C=O) groups excluding carboxylic acids is 2. The smallest absolute Gasteiger partial charge is 0.233 e. The summed E-state index contributed by atoms with van der Waals surface area (Å²) in [5.74, 6) is -0.934. The Labute approximate surface area is 135 Å². The second kappa shape index (κ2) is 6.68. The number of rotatable bonds is 3. The highest BCUT2D eigenvalue weighted by Gasteiger charge is 2.40. The van der Waals surface area contributed by atoms with Gasteiger partial charge in [0.1, 0.15) is 6.42 Å². The number of carbonyl (C=O) groups is 2. The molecule has 2 aliphatic heterocycles. The van der Waals surface area contributed by atoms with Crippen LogP contribution in [0.1, 0.15) is 24.8 Å². The highest BCUT2D eigenvalue weighted by Crippen LogP contribution is 2.31. The summed E-state index contributed by atoms with van der Waals surface area (Å²) >= 11 is 0. The highest BCUT2D eigenvalue weighted by atomic mass is 16.7. The van der Waals surface area contributed by atoms with Crippen LogP contribution in [0.2, 0.25) is 0 Å². The molecule has 0 unspecified atom stereocenters. The molecule has 6 heteroatoms. The van der Waals surface area contributed by atoms with Crippen LogP contribution in [0, 0.1) is 6.92 Å². The second-order valence-corrected chi connectivity index (χ2v) is 6.08. The lowest BCUT2D eigenvalue weighted by Crippen LogP contribution is -2.47. The zero-order valence-electron chi connectivity index (χ0n) is 13.3. The number of nitrogens with one attached hydrogen (secondary N) is 1. The van der Waals surface area contributed by atoms with Gasteiger partial charge in [0, 0.05) is 31.6 Å². The topological polar surface area (TPSA) is 67.9 Å². The molecule has 2 heterocycles. The molecule has 124 valence electrons. The van der Waals surface area contributed by atoms with Crippen LogP contribution in [0.25, 0.3) is 0 Å². The van der Waals surface area contributed by atoms with Crippen molar-refractivity contribution < 1.29 is 19.1 Å². The van der Waals surface area contributed by atoms with E-state index in [1.165, 1.54) is 0 Å². The molecule has 0 saturated carbocycles. The minimum absolute atomic E-state index is 0.136. The Kier molecular flexibility index (Phi) is 4.63. The van der Waals surface area contributed by atoms with Gasteiger partial charge in [0.15, 0.2) is 5.79 Å². The third-order valence-corrected chi connectivity index (χ3v) is 4.34. The molecular weight excluding hydrogens is 296 g/mol. The van der Waals surface area contributed by atoms with Crippen molar-refractivity contribution in [1.82, 2.24) is 4.90 Å². The van der Waals surface area contributed by atoms with Crippen LogP contribution in [0.5, 0.6) is 0 Å². The summed E-state index contributed by atoms with van der Waals surface area (Å²) in [5, 5.41) is 2.75. The summed E-state index contributed by atoms with van der Waals surface area (Å²) in [6, 6.07) is 7.50. The largest absolute Gasteiger partial charge is 0.347 e. The van der Waals surface area contributed by atoms with Gasteiger partial charge < -0.3 is 19.7 Å². The molecule has 2 fully saturated rings. The van der Waals surface area contributed by atoms with E-state index in [2.05, 4.69) is 5.32 Å². The van der Waals surface area contributed by atoms with E-state index in [0.717, 1.165) is 5.56 Å². The fraction of sp³-hybridized carbons (Fsp3) is 0.529. The Balaban J connectivity index is 1.47. The van der Waals surface area contributed by atoms with E-state index in [1.54, 1.807) is 4.90 Å². The molecule has 0 bridgehead atoms. The van der Waals surface area contributed by atoms with Gasteiger partial charge in [0.05, 0.1) is 13.2 Å². The number of ether oxygens (including phenoxy) is 2.